The molecule has 2 rings (SSSR count). The third kappa shape index (κ3) is 1.48. The van der Waals surface area contributed by atoms with Gasteiger partial charge in [-0.25, -0.2) is 4.98 Å². The summed E-state index contributed by atoms with van der Waals surface area (Å²) in [6, 6.07) is 0. The zero-order valence-corrected chi connectivity index (χ0v) is 10.7. The van der Waals surface area contributed by atoms with Gasteiger partial charge in [0.2, 0.25) is 4.96 Å². The van der Waals surface area contributed by atoms with Gasteiger partial charge in [0, 0.05) is 5.92 Å². The number of hydrogen-bond acceptors (Lipinski definition) is 3. The molecule has 5 heteroatoms. The minimum Gasteiger partial charge on any atom is -0.222 e. The van der Waals surface area contributed by atoms with Crippen molar-refractivity contribution >= 4 is 38.9 Å². The molecule has 0 aliphatic heterocycles. The normalized spacial score (nSPS) is 11.8. The third-order valence-corrected chi connectivity index (χ3v) is 4.26. The molecule has 2 aromatic rings. The van der Waals surface area contributed by atoms with Gasteiger partial charge in [0.15, 0.2) is 0 Å². The lowest BCUT2D eigenvalue weighted by Crippen LogP contribution is -1.92. The highest BCUT2D eigenvalue weighted by atomic mass is 127. The summed E-state index contributed by atoms with van der Waals surface area (Å²) in [5.74, 6) is 0.489. The van der Waals surface area contributed by atoms with Gasteiger partial charge in [0.25, 0.3) is 0 Å². The van der Waals surface area contributed by atoms with Crippen LogP contribution in [0.1, 0.15) is 30.5 Å². The Labute approximate surface area is 94.3 Å². The van der Waals surface area contributed by atoms with Crippen molar-refractivity contribution in [2.24, 2.45) is 0 Å². The second-order valence-corrected chi connectivity index (χ2v) is 5.29. The highest BCUT2D eigenvalue weighted by molar-refractivity contribution is 14.1. The number of aryl methyl sites for hydroxylation is 1. The fraction of sp³-hybridized carbons (Fsp3) is 0.500. The molecule has 0 unspecified atom stereocenters. The summed E-state index contributed by atoms with van der Waals surface area (Å²) in [6.45, 7) is 6.31. The SMILES string of the molecule is Cc1nc2sc(C(C)C)nn2c1I. The van der Waals surface area contributed by atoms with Gasteiger partial charge in [-0.3, -0.25) is 0 Å². The zero-order valence-electron chi connectivity index (χ0n) is 7.71. The fourth-order valence-corrected chi connectivity index (χ4v) is 2.64. The van der Waals surface area contributed by atoms with Gasteiger partial charge in [-0.05, 0) is 29.5 Å². The minimum atomic E-state index is 0.489. The molecule has 0 saturated carbocycles. The molecular weight excluding hydrogens is 297 g/mol. The average molecular weight is 307 g/mol. The lowest BCUT2D eigenvalue weighted by atomic mass is 10.2. The predicted octanol–water partition coefficient (Wildman–Crippen LogP) is 2.83. The summed E-state index contributed by atoms with van der Waals surface area (Å²) in [7, 11) is 0. The Hall–Kier alpha value is -0.170. The summed E-state index contributed by atoms with van der Waals surface area (Å²) < 4.78 is 3.05. The van der Waals surface area contributed by atoms with Crippen LogP contribution in [0.4, 0.5) is 0 Å². The number of halogens is 1. The Morgan fingerprint density at radius 1 is 1.46 bits per heavy atom. The number of fused-ring (bicyclic) bond motifs is 1. The molecule has 0 saturated heterocycles. The van der Waals surface area contributed by atoms with Crippen LogP contribution in [0.5, 0.6) is 0 Å². The molecule has 0 aromatic carbocycles. The van der Waals surface area contributed by atoms with Gasteiger partial charge in [-0.2, -0.15) is 9.61 Å². The molecule has 2 heterocycles. The topological polar surface area (TPSA) is 30.2 Å². The minimum absolute atomic E-state index is 0.489. The van der Waals surface area contributed by atoms with Crippen molar-refractivity contribution in [2.45, 2.75) is 26.7 Å². The van der Waals surface area contributed by atoms with Crippen LogP contribution >= 0.6 is 33.9 Å². The quantitative estimate of drug-likeness (QED) is 0.758. The molecule has 0 atom stereocenters. The van der Waals surface area contributed by atoms with E-state index in [4.69, 9.17) is 0 Å². The van der Waals surface area contributed by atoms with Gasteiger partial charge in [-0.1, -0.05) is 25.2 Å². The van der Waals surface area contributed by atoms with Crippen molar-refractivity contribution in [2.75, 3.05) is 0 Å². The number of rotatable bonds is 1. The van der Waals surface area contributed by atoms with Crippen LogP contribution in [0.15, 0.2) is 0 Å². The van der Waals surface area contributed by atoms with Crippen molar-refractivity contribution in [1.29, 1.82) is 0 Å². The molecule has 3 nitrogen and oxygen atoms in total. The first kappa shape index (κ1) is 9.39. The molecule has 0 amide bonds. The van der Waals surface area contributed by atoms with Crippen molar-refractivity contribution in [3.63, 3.8) is 0 Å². The summed E-state index contributed by atoms with van der Waals surface area (Å²) >= 11 is 3.96. The van der Waals surface area contributed by atoms with E-state index in [1.54, 1.807) is 11.3 Å². The third-order valence-electron chi connectivity index (χ3n) is 1.82. The van der Waals surface area contributed by atoms with Crippen LogP contribution in [0.25, 0.3) is 4.96 Å². The maximum Gasteiger partial charge on any atom is 0.213 e. The summed E-state index contributed by atoms with van der Waals surface area (Å²) in [6.07, 6.45) is 0. The first-order chi connectivity index (χ1) is 6.09. The van der Waals surface area contributed by atoms with E-state index in [1.807, 2.05) is 11.4 Å². The second-order valence-electron chi connectivity index (χ2n) is 3.28. The second kappa shape index (κ2) is 3.20. The van der Waals surface area contributed by atoms with Crippen molar-refractivity contribution in [1.82, 2.24) is 14.6 Å². The summed E-state index contributed by atoms with van der Waals surface area (Å²) in [4.78, 5) is 5.43. The number of hydrogen-bond donors (Lipinski definition) is 0. The Morgan fingerprint density at radius 3 is 2.69 bits per heavy atom. The smallest absolute Gasteiger partial charge is 0.213 e. The summed E-state index contributed by atoms with van der Waals surface area (Å²) in [5.41, 5.74) is 1.06. The van der Waals surface area contributed by atoms with E-state index in [0.29, 0.717) is 5.92 Å². The largest absolute Gasteiger partial charge is 0.222 e. The number of imidazole rings is 1. The van der Waals surface area contributed by atoms with Crippen LogP contribution < -0.4 is 0 Å². The van der Waals surface area contributed by atoms with Gasteiger partial charge < -0.3 is 0 Å². The van der Waals surface area contributed by atoms with Crippen LogP contribution in [-0.4, -0.2) is 14.6 Å². The van der Waals surface area contributed by atoms with E-state index in [9.17, 15) is 0 Å². The monoisotopic (exact) mass is 307 g/mol. The Morgan fingerprint density at radius 2 is 2.15 bits per heavy atom. The highest BCUT2D eigenvalue weighted by Gasteiger charge is 2.12. The highest BCUT2D eigenvalue weighted by Crippen LogP contribution is 2.24. The molecule has 2 aromatic heterocycles. The first-order valence-corrected chi connectivity index (χ1v) is 6.00. The molecule has 0 bridgehead atoms. The van der Waals surface area contributed by atoms with E-state index >= 15 is 0 Å². The Kier molecular flexibility index (Phi) is 2.31. The van der Waals surface area contributed by atoms with E-state index in [1.165, 1.54) is 0 Å². The van der Waals surface area contributed by atoms with Crippen molar-refractivity contribution in [3.8, 4) is 0 Å². The molecule has 0 fully saturated rings. The van der Waals surface area contributed by atoms with E-state index in [0.717, 1.165) is 19.4 Å². The lowest BCUT2D eigenvalue weighted by Gasteiger charge is -1.94. The molecule has 0 radical (unpaired) electrons. The molecule has 0 aliphatic carbocycles. The van der Waals surface area contributed by atoms with Gasteiger partial charge >= 0.3 is 0 Å². The maximum atomic E-state index is 4.50. The molecule has 70 valence electrons. The average Bonchev–Trinajstić information content (AvgIpc) is 2.55. The van der Waals surface area contributed by atoms with Gasteiger partial charge in [-0.15, -0.1) is 0 Å². The molecular formula is C8H10IN3S. The molecule has 13 heavy (non-hydrogen) atoms. The van der Waals surface area contributed by atoms with E-state index < -0.39 is 0 Å². The molecule has 0 aliphatic rings. The Balaban J connectivity index is 2.65. The van der Waals surface area contributed by atoms with E-state index in [-0.39, 0.29) is 0 Å². The number of nitrogens with zero attached hydrogens (tertiary/aromatic N) is 3. The van der Waals surface area contributed by atoms with Gasteiger partial charge in [0.05, 0.1) is 5.69 Å². The standard InChI is InChI=1S/C8H10IN3S/c1-4(2)7-11-12-6(9)5(3)10-8(12)13-7/h4H,1-3H3. The first-order valence-electron chi connectivity index (χ1n) is 4.11. The Bertz CT molecular complexity index is 443. The van der Waals surface area contributed by atoms with Crippen LogP contribution in [0.2, 0.25) is 0 Å². The fourth-order valence-electron chi connectivity index (χ4n) is 1.07. The lowest BCUT2D eigenvalue weighted by molar-refractivity contribution is 0.795. The predicted molar refractivity (Wildman–Crippen MR) is 62.4 cm³/mol. The molecule has 0 N–H and O–H groups in total. The number of aromatic nitrogens is 3. The van der Waals surface area contributed by atoms with Crippen LogP contribution in [0, 0.1) is 10.6 Å². The van der Waals surface area contributed by atoms with Crippen molar-refractivity contribution < 1.29 is 0 Å². The summed E-state index contributed by atoms with van der Waals surface area (Å²) in [5, 5.41) is 5.65. The van der Waals surface area contributed by atoms with Crippen LogP contribution in [-0.2, 0) is 0 Å². The van der Waals surface area contributed by atoms with Crippen molar-refractivity contribution in [3.05, 3.63) is 14.4 Å². The maximum absolute atomic E-state index is 4.50. The van der Waals surface area contributed by atoms with E-state index in [2.05, 4.69) is 46.5 Å². The van der Waals surface area contributed by atoms with Crippen LogP contribution in [0.3, 0.4) is 0 Å². The zero-order chi connectivity index (χ0) is 9.59. The van der Waals surface area contributed by atoms with Gasteiger partial charge in [0.1, 0.15) is 8.71 Å². The molecule has 0 spiro atoms.